The maximum atomic E-state index is 14.4. The molecule has 1 aliphatic rings. The summed E-state index contributed by atoms with van der Waals surface area (Å²) in [5.74, 6) is -2.54. The number of nitrogens with zero attached hydrogens (tertiary/aromatic N) is 2. The van der Waals surface area contributed by atoms with Crippen LogP contribution in [-0.4, -0.2) is 51.3 Å². The lowest BCUT2D eigenvalue weighted by molar-refractivity contribution is 0.0257. The number of rotatable bonds is 7. The highest BCUT2D eigenvalue weighted by Gasteiger charge is 2.39. The van der Waals surface area contributed by atoms with Crippen molar-refractivity contribution in [1.82, 2.24) is 10.3 Å². The Bertz CT molecular complexity index is 1080. The highest BCUT2D eigenvalue weighted by molar-refractivity contribution is 5.95. The molecule has 0 saturated carbocycles. The van der Waals surface area contributed by atoms with Gasteiger partial charge in [0.2, 0.25) is 0 Å². The first-order chi connectivity index (χ1) is 16.9. The van der Waals surface area contributed by atoms with Crippen molar-refractivity contribution in [2.24, 2.45) is 0 Å². The van der Waals surface area contributed by atoms with Gasteiger partial charge in [-0.1, -0.05) is 27.7 Å². The molecule has 1 aromatic heterocycles. The topological polar surface area (TPSA) is 46.6 Å². The molecule has 194 valence electrons. The molecule has 2 heterocycles. The molecule has 0 radical (unpaired) electrons. The third-order valence-corrected chi connectivity index (χ3v) is 5.34. The minimum Gasteiger partial charge on any atom is -0.494 e. The van der Waals surface area contributed by atoms with Crippen LogP contribution in [0.3, 0.4) is 0 Å². The first kappa shape index (κ1) is 28.2. The molecule has 0 bridgehead atoms. The van der Waals surface area contributed by atoms with Crippen LogP contribution in [0.2, 0.25) is 0 Å². The lowest BCUT2D eigenvalue weighted by atomic mass is 10.1. The first-order valence-electron chi connectivity index (χ1n) is 12.1. The van der Waals surface area contributed by atoms with Crippen LogP contribution >= 0.6 is 0 Å². The molecule has 0 unspecified atom stereocenters. The van der Waals surface area contributed by atoms with Gasteiger partial charge in [0.15, 0.2) is 11.6 Å². The van der Waals surface area contributed by atoms with Gasteiger partial charge in [0.25, 0.3) is 5.92 Å². The summed E-state index contributed by atoms with van der Waals surface area (Å²) in [6.45, 7) is 9.06. The van der Waals surface area contributed by atoms with E-state index in [1.807, 2.05) is 59.0 Å². The molecule has 0 aliphatic carbocycles. The fourth-order valence-electron chi connectivity index (χ4n) is 3.71. The van der Waals surface area contributed by atoms with E-state index < -0.39 is 18.3 Å². The third-order valence-electron chi connectivity index (χ3n) is 5.34. The zero-order chi connectivity index (χ0) is 26.0. The highest BCUT2D eigenvalue weighted by atomic mass is 19.3. The molecule has 0 amide bonds. The van der Waals surface area contributed by atoms with E-state index in [9.17, 15) is 13.2 Å². The summed E-state index contributed by atoms with van der Waals surface area (Å²) in [5, 5.41) is 3.49. The normalized spacial score (nSPS) is 14.0. The Morgan fingerprint density at radius 2 is 1.77 bits per heavy atom. The number of aromatic nitrogens is 1. The van der Waals surface area contributed by atoms with Gasteiger partial charge in [0.1, 0.15) is 12.4 Å². The van der Waals surface area contributed by atoms with Crippen molar-refractivity contribution in [2.45, 2.75) is 40.0 Å². The fraction of sp³-hybridized carbons (Fsp3) is 0.444. The van der Waals surface area contributed by atoms with E-state index in [-0.39, 0.29) is 20.1 Å². The van der Waals surface area contributed by atoms with Crippen molar-refractivity contribution >= 4 is 16.6 Å². The summed E-state index contributed by atoms with van der Waals surface area (Å²) in [7, 11) is 3.23. The molecule has 0 atom stereocenters. The van der Waals surface area contributed by atoms with Crippen LogP contribution in [-0.2, 0) is 0 Å². The molecule has 8 heteroatoms. The molecule has 0 spiro atoms. The lowest BCUT2D eigenvalue weighted by Crippen LogP contribution is -2.25. The Labute approximate surface area is 207 Å². The van der Waals surface area contributed by atoms with Gasteiger partial charge in [-0.2, -0.15) is 0 Å². The van der Waals surface area contributed by atoms with Gasteiger partial charge >= 0.3 is 0 Å². The Hall–Kier alpha value is -3.00. The summed E-state index contributed by atoms with van der Waals surface area (Å²) in [4.78, 5) is 6.25. The number of hydrogen-bond acceptors (Lipinski definition) is 5. The Morgan fingerprint density at radius 1 is 1.09 bits per heavy atom. The van der Waals surface area contributed by atoms with Crippen LogP contribution in [0.4, 0.5) is 18.9 Å². The van der Waals surface area contributed by atoms with Crippen LogP contribution in [0, 0.1) is 5.82 Å². The lowest BCUT2D eigenvalue weighted by Gasteiger charge is -2.21. The van der Waals surface area contributed by atoms with Gasteiger partial charge < -0.3 is 19.7 Å². The second-order valence-electron chi connectivity index (χ2n) is 7.53. The van der Waals surface area contributed by atoms with Crippen LogP contribution in [0.25, 0.3) is 22.2 Å². The van der Waals surface area contributed by atoms with Crippen molar-refractivity contribution in [2.75, 3.05) is 45.3 Å². The molecule has 35 heavy (non-hydrogen) atoms. The van der Waals surface area contributed by atoms with Gasteiger partial charge in [0.05, 0.1) is 24.9 Å². The standard InChI is InChI=1S/C23H24F3N3O2.2C2H6.H2/c1-27-8-10-31-16-5-3-15(4-6-16)19-12-21(29-9-7-23(25,26)14-29)17-11-18(24)22(30-2)13-20(17)28-19;2*1-2;/h3-6,11-13,27H,7-10,14H2,1-2H3;2*1-2H3;1H. The van der Waals surface area contributed by atoms with Gasteiger partial charge in [-0.15, -0.1) is 0 Å². The Balaban J connectivity index is 0.00000123. The number of ether oxygens (including phenoxy) is 2. The van der Waals surface area contributed by atoms with Crippen molar-refractivity contribution in [1.29, 1.82) is 0 Å². The molecule has 1 saturated heterocycles. The maximum absolute atomic E-state index is 14.4. The second kappa shape index (κ2) is 13.2. The second-order valence-corrected chi connectivity index (χ2v) is 7.53. The van der Waals surface area contributed by atoms with Crippen LogP contribution in [0.15, 0.2) is 42.5 Å². The number of alkyl halides is 2. The van der Waals surface area contributed by atoms with E-state index in [1.165, 1.54) is 19.2 Å². The summed E-state index contributed by atoms with van der Waals surface area (Å²) < 4.78 is 52.9. The van der Waals surface area contributed by atoms with Crippen LogP contribution in [0.5, 0.6) is 11.5 Å². The summed E-state index contributed by atoms with van der Waals surface area (Å²) in [5.41, 5.74) is 2.43. The van der Waals surface area contributed by atoms with E-state index in [0.717, 1.165) is 17.9 Å². The van der Waals surface area contributed by atoms with E-state index in [4.69, 9.17) is 9.47 Å². The SMILES string of the molecule is CC.CC.CNCCOc1ccc(-c2cc(N3CCC(F)(F)C3)c3cc(F)c(OC)cc3n2)cc1.[HH]. The van der Waals surface area contributed by atoms with Crippen molar-refractivity contribution in [3.63, 3.8) is 0 Å². The number of nitrogens with one attached hydrogen (secondary N) is 1. The van der Waals surface area contributed by atoms with Gasteiger partial charge in [0, 0.05) is 43.6 Å². The number of pyridine rings is 1. The maximum Gasteiger partial charge on any atom is 0.266 e. The molecule has 1 aliphatic heterocycles. The molecule has 2 aromatic carbocycles. The van der Waals surface area contributed by atoms with Crippen molar-refractivity contribution < 1.29 is 24.1 Å². The largest absolute Gasteiger partial charge is 0.494 e. The minimum absolute atomic E-state index is 0. The Kier molecular flexibility index (Phi) is 10.6. The van der Waals surface area contributed by atoms with Crippen molar-refractivity contribution in [3.05, 3.63) is 48.3 Å². The number of methoxy groups -OCH3 is 1. The predicted molar refractivity (Wildman–Crippen MR) is 140 cm³/mol. The van der Waals surface area contributed by atoms with Crippen LogP contribution in [0.1, 0.15) is 35.5 Å². The van der Waals surface area contributed by atoms with Crippen LogP contribution < -0.4 is 19.7 Å². The smallest absolute Gasteiger partial charge is 0.266 e. The quantitative estimate of drug-likeness (QED) is 0.367. The van der Waals surface area contributed by atoms with E-state index in [2.05, 4.69) is 10.3 Å². The zero-order valence-corrected chi connectivity index (χ0v) is 21.4. The fourth-order valence-corrected chi connectivity index (χ4v) is 3.71. The van der Waals surface area contributed by atoms with Gasteiger partial charge in [-0.3, -0.25) is 0 Å². The number of halogens is 3. The molecule has 3 aromatic rings. The highest BCUT2D eigenvalue weighted by Crippen LogP contribution is 2.38. The Morgan fingerprint density at radius 3 is 2.34 bits per heavy atom. The van der Waals surface area contributed by atoms with Crippen molar-refractivity contribution in [3.8, 4) is 22.8 Å². The predicted octanol–water partition coefficient (Wildman–Crippen LogP) is 6.79. The number of likely N-dealkylation sites (N-methyl/N-ethyl adjacent to an activating group) is 1. The third kappa shape index (κ3) is 7.01. The van der Waals surface area contributed by atoms with Gasteiger partial charge in [-0.25, -0.2) is 18.2 Å². The monoisotopic (exact) mass is 493 g/mol. The molecule has 5 nitrogen and oxygen atoms in total. The molecule has 1 fully saturated rings. The van der Waals surface area contributed by atoms with E-state index >= 15 is 0 Å². The summed E-state index contributed by atoms with van der Waals surface area (Å²) >= 11 is 0. The number of benzene rings is 2. The number of fused-ring (bicyclic) bond motifs is 1. The molecule has 4 rings (SSSR count). The number of hydrogen-bond donors (Lipinski definition) is 1. The first-order valence-corrected chi connectivity index (χ1v) is 12.1. The average Bonchev–Trinajstić information content (AvgIpc) is 3.25. The van der Waals surface area contributed by atoms with Gasteiger partial charge in [-0.05, 0) is 43.4 Å². The summed E-state index contributed by atoms with van der Waals surface area (Å²) in [6.07, 6.45) is -0.233. The zero-order valence-electron chi connectivity index (χ0n) is 21.4. The van der Waals surface area contributed by atoms with E-state index in [0.29, 0.717) is 28.9 Å². The minimum atomic E-state index is -2.77. The molecular weight excluding hydrogens is 455 g/mol. The summed E-state index contributed by atoms with van der Waals surface area (Å²) in [6, 6.07) is 12.0. The average molecular weight is 494 g/mol. The molecular formula is C27H38F3N3O2. The van der Waals surface area contributed by atoms with E-state index in [1.54, 1.807) is 11.0 Å². The molecule has 1 N–H and O–H groups in total. The number of anilines is 1.